The maximum atomic E-state index is 12.9. The maximum Gasteiger partial charge on any atom is 0.326 e. The Kier molecular flexibility index (Phi) is 10.6. The molecule has 4 unspecified atom stereocenters. The van der Waals surface area contributed by atoms with Crippen LogP contribution in [0.3, 0.4) is 0 Å². The molecule has 0 aliphatic heterocycles. The Hall–Kier alpha value is -2.98. The van der Waals surface area contributed by atoms with Crippen LogP contribution in [0.25, 0.3) is 0 Å². The van der Waals surface area contributed by atoms with Crippen LogP contribution in [0.2, 0.25) is 0 Å². The summed E-state index contributed by atoms with van der Waals surface area (Å²) in [6.07, 6.45) is -0.941. The largest absolute Gasteiger partial charge is 0.480 e. The molecular formula is C21H32N4O6. The molecule has 172 valence electrons. The first-order valence-corrected chi connectivity index (χ1v) is 10.1. The van der Waals surface area contributed by atoms with Gasteiger partial charge in [-0.05, 0) is 24.8 Å². The first-order chi connectivity index (χ1) is 14.5. The summed E-state index contributed by atoms with van der Waals surface area (Å²) in [5.74, 6) is -3.27. The van der Waals surface area contributed by atoms with Crippen molar-refractivity contribution in [2.75, 3.05) is 6.54 Å². The minimum absolute atomic E-state index is 0.0228. The number of hydrogen-bond donors (Lipinski definition) is 6. The second-order valence-corrected chi connectivity index (χ2v) is 7.77. The molecule has 0 bridgehead atoms. The number of benzene rings is 1. The topological polar surface area (TPSA) is 171 Å². The number of aliphatic hydroxyl groups is 1. The molecule has 10 heteroatoms. The Labute approximate surface area is 181 Å². The van der Waals surface area contributed by atoms with E-state index in [1.54, 1.807) is 30.3 Å². The predicted molar refractivity (Wildman–Crippen MR) is 114 cm³/mol. The minimum atomic E-state index is -1.33. The number of aliphatic hydroxyl groups excluding tert-OH is 1. The number of carboxylic acids is 1. The van der Waals surface area contributed by atoms with Crippen molar-refractivity contribution < 1.29 is 29.4 Å². The van der Waals surface area contributed by atoms with Gasteiger partial charge in [0.2, 0.25) is 17.7 Å². The number of nitrogens with two attached hydrogens (primary N) is 1. The van der Waals surface area contributed by atoms with Crippen LogP contribution in [-0.2, 0) is 25.6 Å². The number of nitrogens with one attached hydrogen (secondary N) is 3. The highest BCUT2D eigenvalue weighted by atomic mass is 16.4. The quantitative estimate of drug-likeness (QED) is 0.248. The highest BCUT2D eigenvalue weighted by molar-refractivity contribution is 5.94. The summed E-state index contributed by atoms with van der Waals surface area (Å²) in [5, 5.41) is 26.6. The van der Waals surface area contributed by atoms with Gasteiger partial charge in [0, 0.05) is 6.42 Å². The summed E-state index contributed by atoms with van der Waals surface area (Å²) in [6, 6.07) is 5.29. The molecule has 0 aliphatic carbocycles. The second-order valence-electron chi connectivity index (χ2n) is 7.77. The van der Waals surface area contributed by atoms with Gasteiger partial charge in [-0.2, -0.15) is 0 Å². The fourth-order valence-electron chi connectivity index (χ4n) is 2.92. The lowest BCUT2D eigenvalue weighted by Gasteiger charge is -2.26. The SMILES string of the molecule is CC(C)CC(NC(=O)C(Cc1ccccc1)NC(=O)C(NC(=O)CN)C(C)O)C(=O)O. The van der Waals surface area contributed by atoms with Crippen molar-refractivity contribution in [1.82, 2.24) is 16.0 Å². The van der Waals surface area contributed by atoms with E-state index in [0.29, 0.717) is 0 Å². The van der Waals surface area contributed by atoms with Gasteiger partial charge in [-0.3, -0.25) is 14.4 Å². The van der Waals surface area contributed by atoms with Gasteiger partial charge in [-0.1, -0.05) is 44.2 Å². The third kappa shape index (κ3) is 9.14. The summed E-state index contributed by atoms with van der Waals surface area (Å²) in [7, 11) is 0. The van der Waals surface area contributed by atoms with E-state index < -0.39 is 47.9 Å². The fraction of sp³-hybridized carbons (Fsp3) is 0.524. The Morgan fingerprint density at radius 3 is 2.00 bits per heavy atom. The van der Waals surface area contributed by atoms with E-state index in [1.807, 2.05) is 13.8 Å². The third-order valence-electron chi connectivity index (χ3n) is 4.50. The normalized spacial score (nSPS) is 14.8. The van der Waals surface area contributed by atoms with Crippen molar-refractivity contribution in [3.63, 3.8) is 0 Å². The molecule has 0 spiro atoms. The van der Waals surface area contributed by atoms with E-state index in [4.69, 9.17) is 5.73 Å². The fourth-order valence-corrected chi connectivity index (χ4v) is 2.92. The molecule has 0 saturated heterocycles. The van der Waals surface area contributed by atoms with Gasteiger partial charge < -0.3 is 31.9 Å². The highest BCUT2D eigenvalue weighted by Gasteiger charge is 2.31. The molecule has 7 N–H and O–H groups in total. The first-order valence-electron chi connectivity index (χ1n) is 10.1. The van der Waals surface area contributed by atoms with Crippen molar-refractivity contribution in [1.29, 1.82) is 0 Å². The van der Waals surface area contributed by atoms with Gasteiger partial charge in [0.1, 0.15) is 18.1 Å². The summed E-state index contributed by atoms with van der Waals surface area (Å²) < 4.78 is 0. The van der Waals surface area contributed by atoms with Crippen LogP contribution in [0.5, 0.6) is 0 Å². The number of carboxylic acid groups (broad SMARTS) is 1. The second kappa shape index (κ2) is 12.7. The van der Waals surface area contributed by atoms with E-state index in [1.165, 1.54) is 6.92 Å². The summed E-state index contributed by atoms with van der Waals surface area (Å²) in [5.41, 5.74) is 5.98. The molecule has 0 aliphatic rings. The number of rotatable bonds is 12. The van der Waals surface area contributed by atoms with Crippen LogP contribution in [-0.4, -0.2) is 64.7 Å². The van der Waals surface area contributed by atoms with Gasteiger partial charge in [-0.25, -0.2) is 4.79 Å². The molecule has 0 saturated carbocycles. The molecule has 4 atom stereocenters. The Balaban J connectivity index is 3.06. The number of hydrogen-bond acceptors (Lipinski definition) is 6. The summed E-state index contributed by atoms with van der Waals surface area (Å²) in [6.45, 7) is 4.60. The van der Waals surface area contributed by atoms with E-state index in [-0.39, 0.29) is 25.3 Å². The van der Waals surface area contributed by atoms with Gasteiger partial charge in [0.15, 0.2) is 0 Å². The van der Waals surface area contributed by atoms with Gasteiger partial charge >= 0.3 is 5.97 Å². The molecule has 0 radical (unpaired) electrons. The van der Waals surface area contributed by atoms with Crippen LogP contribution in [0.4, 0.5) is 0 Å². The standard InChI is InChI=1S/C21H32N4O6/c1-12(2)9-16(21(30)31)24-19(28)15(10-14-7-5-4-6-8-14)23-20(29)18(13(3)26)25-17(27)11-22/h4-8,12-13,15-16,18,26H,9-11,22H2,1-3H3,(H,23,29)(H,24,28)(H,25,27)(H,30,31). The monoisotopic (exact) mass is 436 g/mol. The van der Waals surface area contributed by atoms with Crippen LogP contribution in [0, 0.1) is 5.92 Å². The molecule has 0 aromatic heterocycles. The maximum absolute atomic E-state index is 12.9. The average molecular weight is 437 g/mol. The van der Waals surface area contributed by atoms with Crippen LogP contribution < -0.4 is 21.7 Å². The Morgan fingerprint density at radius 1 is 0.935 bits per heavy atom. The highest BCUT2D eigenvalue weighted by Crippen LogP contribution is 2.08. The van der Waals surface area contributed by atoms with Gasteiger partial charge in [0.25, 0.3) is 0 Å². The van der Waals surface area contributed by atoms with E-state index in [2.05, 4.69) is 16.0 Å². The van der Waals surface area contributed by atoms with E-state index in [9.17, 15) is 29.4 Å². The summed E-state index contributed by atoms with van der Waals surface area (Å²) in [4.78, 5) is 48.7. The summed E-state index contributed by atoms with van der Waals surface area (Å²) >= 11 is 0. The van der Waals surface area contributed by atoms with E-state index >= 15 is 0 Å². The zero-order valence-corrected chi connectivity index (χ0v) is 18.0. The lowest BCUT2D eigenvalue weighted by Crippen LogP contribution is -2.59. The van der Waals surface area contributed by atoms with Gasteiger partial charge in [-0.15, -0.1) is 0 Å². The Bertz CT molecular complexity index is 753. The average Bonchev–Trinajstić information content (AvgIpc) is 2.70. The lowest BCUT2D eigenvalue weighted by atomic mass is 10.0. The van der Waals surface area contributed by atoms with Crippen LogP contribution in [0.15, 0.2) is 30.3 Å². The van der Waals surface area contributed by atoms with Crippen molar-refractivity contribution in [2.24, 2.45) is 11.7 Å². The predicted octanol–water partition coefficient (Wildman–Crippen LogP) is -0.846. The minimum Gasteiger partial charge on any atom is -0.480 e. The molecule has 1 aromatic carbocycles. The number of carbonyl (C=O) groups excluding carboxylic acids is 3. The van der Waals surface area contributed by atoms with Crippen molar-refractivity contribution in [3.05, 3.63) is 35.9 Å². The van der Waals surface area contributed by atoms with Crippen LogP contribution in [0.1, 0.15) is 32.8 Å². The van der Waals surface area contributed by atoms with Gasteiger partial charge in [0.05, 0.1) is 12.6 Å². The third-order valence-corrected chi connectivity index (χ3v) is 4.50. The Morgan fingerprint density at radius 2 is 1.52 bits per heavy atom. The molecule has 31 heavy (non-hydrogen) atoms. The first kappa shape index (κ1) is 26.1. The molecular weight excluding hydrogens is 404 g/mol. The smallest absolute Gasteiger partial charge is 0.326 e. The number of carbonyl (C=O) groups is 4. The molecule has 0 fully saturated rings. The van der Waals surface area contributed by atoms with Crippen molar-refractivity contribution >= 4 is 23.7 Å². The zero-order chi connectivity index (χ0) is 23.6. The molecule has 10 nitrogen and oxygen atoms in total. The lowest BCUT2D eigenvalue weighted by molar-refractivity contribution is -0.142. The number of amides is 3. The van der Waals surface area contributed by atoms with Crippen molar-refractivity contribution in [3.8, 4) is 0 Å². The zero-order valence-electron chi connectivity index (χ0n) is 18.0. The van der Waals surface area contributed by atoms with Crippen molar-refractivity contribution in [2.45, 2.75) is 57.8 Å². The molecule has 3 amide bonds. The van der Waals surface area contributed by atoms with Crippen LogP contribution >= 0.6 is 0 Å². The van der Waals surface area contributed by atoms with E-state index in [0.717, 1.165) is 5.56 Å². The number of aliphatic carboxylic acids is 1. The molecule has 1 rings (SSSR count). The molecule has 0 heterocycles. The molecule has 1 aromatic rings.